The van der Waals surface area contributed by atoms with E-state index in [1.165, 1.54) is 70.9 Å². The summed E-state index contributed by atoms with van der Waals surface area (Å²) in [4.78, 5) is 36.2. The van der Waals surface area contributed by atoms with Gasteiger partial charge < -0.3 is 9.80 Å². The maximum atomic E-state index is 13.8. The lowest BCUT2D eigenvalue weighted by Gasteiger charge is -2.10. The van der Waals surface area contributed by atoms with E-state index in [-0.39, 0.29) is 11.8 Å². The molecule has 2 aliphatic heterocycles. The number of hydrogen-bond acceptors (Lipinski definition) is 4. The molecule has 0 atom stereocenters. The lowest BCUT2D eigenvalue weighted by atomic mass is 9.95. The highest BCUT2D eigenvalue weighted by Crippen LogP contribution is 2.48. The van der Waals surface area contributed by atoms with E-state index >= 15 is 0 Å². The van der Waals surface area contributed by atoms with Crippen molar-refractivity contribution in [3.05, 3.63) is 81.5 Å². The third-order valence-corrected chi connectivity index (χ3v) is 11.4. The molecule has 0 bridgehead atoms. The summed E-state index contributed by atoms with van der Waals surface area (Å²) < 4.78 is 0. The predicted octanol–water partition coefficient (Wildman–Crippen LogP) is 10.3. The Bertz CT molecular complexity index is 1600. The third kappa shape index (κ3) is 5.82. The fourth-order valence-corrected chi connectivity index (χ4v) is 8.49. The zero-order chi connectivity index (χ0) is 30.8. The van der Waals surface area contributed by atoms with Gasteiger partial charge in [-0.2, -0.15) is 0 Å². The number of unbranched alkanes of at least 4 members (excludes halogenated alkanes) is 6. The van der Waals surface area contributed by atoms with E-state index in [9.17, 15) is 9.59 Å². The Kier molecular flexibility index (Phi) is 9.20. The molecule has 4 heterocycles. The molecule has 2 amide bonds. The number of fused-ring (bicyclic) bond motifs is 2. The van der Waals surface area contributed by atoms with Crippen LogP contribution in [0.1, 0.15) is 86.1 Å². The number of aryl methyl sites for hydroxylation is 2. The standard InChI is InChI=1S/C38H42N2O2S2/c1-5-7-9-11-13-27-17-21-33(43-27)25-15-19-29-31(23-25)39(3)37(41)35(29)36-30-20-16-26(24-32(30)40(4)38(36)42)34-22-18-28(44-34)14-12-10-8-6-2/h15-24H,5-14H2,1-4H3. The Morgan fingerprint density at radius 1 is 0.545 bits per heavy atom. The van der Waals surface area contributed by atoms with Crippen LogP contribution in [0.2, 0.25) is 0 Å². The van der Waals surface area contributed by atoms with Crippen molar-refractivity contribution in [3.63, 3.8) is 0 Å². The topological polar surface area (TPSA) is 40.6 Å². The number of anilines is 2. The van der Waals surface area contributed by atoms with Gasteiger partial charge in [-0.1, -0.05) is 76.6 Å². The average molecular weight is 623 g/mol. The van der Waals surface area contributed by atoms with Crippen molar-refractivity contribution in [2.45, 2.75) is 78.1 Å². The zero-order valence-corrected chi connectivity index (χ0v) is 28.0. The number of likely N-dealkylation sites (N-methyl/N-ethyl adjacent to an activating group) is 2. The van der Waals surface area contributed by atoms with Crippen LogP contribution in [0.3, 0.4) is 0 Å². The molecule has 6 heteroatoms. The van der Waals surface area contributed by atoms with E-state index in [4.69, 9.17) is 0 Å². The lowest BCUT2D eigenvalue weighted by Crippen LogP contribution is -2.24. The fraction of sp³-hybridized carbons (Fsp3) is 0.368. The van der Waals surface area contributed by atoms with Crippen LogP contribution in [0.4, 0.5) is 11.4 Å². The van der Waals surface area contributed by atoms with Crippen molar-refractivity contribution in [1.29, 1.82) is 0 Å². The highest BCUT2D eigenvalue weighted by Gasteiger charge is 2.40. The van der Waals surface area contributed by atoms with Gasteiger partial charge in [-0.25, -0.2) is 0 Å². The van der Waals surface area contributed by atoms with Gasteiger partial charge in [0.25, 0.3) is 11.8 Å². The SMILES string of the molecule is CCCCCCc1ccc(-c2ccc3c(c2)N(C)C(=O)C3=C2C(=O)N(C)c3cc(-c4ccc(CCCCCC)s4)ccc32)s1. The Labute approximate surface area is 270 Å². The minimum absolute atomic E-state index is 0.125. The first-order valence-corrected chi connectivity index (χ1v) is 17.8. The summed E-state index contributed by atoms with van der Waals surface area (Å²) in [6, 6.07) is 21.4. The maximum absolute atomic E-state index is 13.8. The lowest BCUT2D eigenvalue weighted by molar-refractivity contribution is -0.114. The summed E-state index contributed by atoms with van der Waals surface area (Å²) >= 11 is 3.68. The first-order valence-electron chi connectivity index (χ1n) is 16.2. The van der Waals surface area contributed by atoms with Crippen molar-refractivity contribution in [2.24, 2.45) is 0 Å². The van der Waals surface area contributed by atoms with Crippen LogP contribution in [0.15, 0.2) is 60.7 Å². The van der Waals surface area contributed by atoms with Gasteiger partial charge in [0.05, 0.1) is 22.5 Å². The van der Waals surface area contributed by atoms with E-state index < -0.39 is 0 Å². The monoisotopic (exact) mass is 622 g/mol. The summed E-state index contributed by atoms with van der Waals surface area (Å²) in [5.74, 6) is -0.251. The number of nitrogens with zero attached hydrogens (tertiary/aromatic N) is 2. The second-order valence-electron chi connectivity index (χ2n) is 12.1. The van der Waals surface area contributed by atoms with Gasteiger partial charge >= 0.3 is 0 Å². The smallest absolute Gasteiger partial charge is 0.259 e. The first kappa shape index (κ1) is 30.5. The van der Waals surface area contributed by atoms with E-state index in [0.717, 1.165) is 46.5 Å². The Morgan fingerprint density at radius 3 is 1.39 bits per heavy atom. The van der Waals surface area contributed by atoms with Crippen LogP contribution in [0.5, 0.6) is 0 Å². The largest absolute Gasteiger partial charge is 0.311 e. The molecule has 0 aliphatic carbocycles. The summed E-state index contributed by atoms with van der Waals surface area (Å²) in [6.45, 7) is 4.49. The predicted molar refractivity (Wildman–Crippen MR) is 189 cm³/mol. The molecule has 0 unspecified atom stereocenters. The number of benzene rings is 2. The molecule has 2 aliphatic rings. The number of carbonyl (C=O) groups is 2. The van der Waals surface area contributed by atoms with Crippen LogP contribution in [0.25, 0.3) is 32.0 Å². The summed E-state index contributed by atoms with van der Waals surface area (Å²) in [5.41, 5.74) is 6.61. The van der Waals surface area contributed by atoms with Crippen LogP contribution < -0.4 is 9.80 Å². The quantitative estimate of drug-likeness (QED) is 0.117. The molecule has 0 spiro atoms. The van der Waals surface area contributed by atoms with Crippen LogP contribution >= 0.6 is 22.7 Å². The fourth-order valence-electron chi connectivity index (χ4n) is 6.40. The minimum atomic E-state index is -0.125. The molecule has 2 aromatic heterocycles. The highest BCUT2D eigenvalue weighted by molar-refractivity contribution is 7.15. The van der Waals surface area contributed by atoms with E-state index in [1.807, 2.05) is 48.9 Å². The van der Waals surface area contributed by atoms with Gasteiger partial charge in [0.1, 0.15) is 0 Å². The normalized spacial score (nSPS) is 15.9. The van der Waals surface area contributed by atoms with Gasteiger partial charge in [0, 0.05) is 44.7 Å². The molecular formula is C38H42N2O2S2. The van der Waals surface area contributed by atoms with Crippen molar-refractivity contribution in [2.75, 3.05) is 23.9 Å². The second kappa shape index (κ2) is 13.3. The molecule has 2 aromatic carbocycles. The minimum Gasteiger partial charge on any atom is -0.311 e. The number of thiophene rings is 2. The van der Waals surface area contributed by atoms with Crippen molar-refractivity contribution in [3.8, 4) is 20.9 Å². The molecule has 6 rings (SSSR count). The molecule has 228 valence electrons. The van der Waals surface area contributed by atoms with Gasteiger partial charge in [0.15, 0.2) is 0 Å². The number of carbonyl (C=O) groups excluding carboxylic acids is 2. The summed E-state index contributed by atoms with van der Waals surface area (Å²) in [5, 5.41) is 0. The van der Waals surface area contributed by atoms with E-state index in [2.05, 4.69) is 62.4 Å². The number of amides is 2. The molecule has 0 saturated heterocycles. The highest BCUT2D eigenvalue weighted by atomic mass is 32.1. The molecule has 0 radical (unpaired) electrons. The molecular weight excluding hydrogens is 581 g/mol. The Hall–Kier alpha value is -3.48. The van der Waals surface area contributed by atoms with Crippen LogP contribution in [-0.2, 0) is 22.4 Å². The molecule has 0 N–H and O–H groups in total. The van der Waals surface area contributed by atoms with E-state index in [1.54, 1.807) is 9.80 Å². The molecule has 4 nitrogen and oxygen atoms in total. The van der Waals surface area contributed by atoms with Gasteiger partial charge in [-0.15, -0.1) is 22.7 Å². The van der Waals surface area contributed by atoms with Crippen molar-refractivity contribution < 1.29 is 9.59 Å². The maximum Gasteiger partial charge on any atom is 0.259 e. The van der Waals surface area contributed by atoms with Crippen molar-refractivity contribution in [1.82, 2.24) is 0 Å². The molecule has 4 aromatic rings. The van der Waals surface area contributed by atoms with Gasteiger partial charge in [-0.3, -0.25) is 9.59 Å². The summed E-state index contributed by atoms with van der Waals surface area (Å²) in [7, 11) is 3.63. The summed E-state index contributed by atoms with van der Waals surface area (Å²) in [6.07, 6.45) is 12.3. The number of rotatable bonds is 12. The van der Waals surface area contributed by atoms with Gasteiger partial charge in [-0.05, 0) is 73.2 Å². The van der Waals surface area contributed by atoms with Gasteiger partial charge in [0.2, 0.25) is 0 Å². The Morgan fingerprint density at radius 2 is 0.977 bits per heavy atom. The number of hydrogen-bond donors (Lipinski definition) is 0. The second-order valence-corrected chi connectivity index (χ2v) is 14.4. The molecule has 0 fully saturated rings. The Balaban J connectivity index is 1.29. The first-order chi connectivity index (χ1) is 21.4. The zero-order valence-electron chi connectivity index (χ0n) is 26.4. The molecule has 0 saturated carbocycles. The van der Waals surface area contributed by atoms with Crippen molar-refractivity contribution >= 4 is 57.0 Å². The van der Waals surface area contributed by atoms with E-state index in [0.29, 0.717) is 11.1 Å². The third-order valence-electron chi connectivity index (χ3n) is 8.99. The van der Waals surface area contributed by atoms with Crippen LogP contribution in [-0.4, -0.2) is 25.9 Å². The van der Waals surface area contributed by atoms with Crippen LogP contribution in [0, 0.1) is 0 Å². The molecule has 44 heavy (non-hydrogen) atoms. The average Bonchev–Trinajstić information content (AvgIpc) is 3.81.